The van der Waals surface area contributed by atoms with Gasteiger partial charge in [0.25, 0.3) is 0 Å². The molecule has 5 rings (SSSR count). The zero-order valence-corrected chi connectivity index (χ0v) is 19.5. The van der Waals surface area contributed by atoms with E-state index in [1.165, 1.54) is 23.3 Å². The molecule has 3 heterocycles. The maximum atomic E-state index is 11.7. The van der Waals surface area contributed by atoms with E-state index in [1.54, 1.807) is 24.8 Å². The summed E-state index contributed by atoms with van der Waals surface area (Å²) in [5, 5.41) is 4.48. The van der Waals surface area contributed by atoms with Gasteiger partial charge in [0.2, 0.25) is 11.8 Å². The number of nitrogens with zero attached hydrogens (tertiary/aromatic N) is 3. The highest BCUT2D eigenvalue weighted by atomic mass is 32.1. The lowest BCUT2D eigenvalue weighted by Gasteiger charge is -2.39. The second-order valence-corrected chi connectivity index (χ2v) is 10.3. The zero-order chi connectivity index (χ0) is 22.1. The molecule has 9 heteroatoms. The Labute approximate surface area is 192 Å². The van der Waals surface area contributed by atoms with Crippen LogP contribution in [0.1, 0.15) is 54.9 Å². The van der Waals surface area contributed by atoms with E-state index in [4.69, 9.17) is 15.2 Å². The molecule has 1 amide bonds. The molecule has 8 nitrogen and oxygen atoms in total. The quantitative estimate of drug-likeness (QED) is 0.654. The van der Waals surface area contributed by atoms with Gasteiger partial charge in [0.05, 0.1) is 5.39 Å². The molecule has 0 radical (unpaired) electrons. The summed E-state index contributed by atoms with van der Waals surface area (Å²) in [4.78, 5) is 25.8. The SMILES string of the molecule is CO[C@@H](C[C@H]1CCc2sc3ncnc(OC4CCC(N5CCNCC5)CC4)c3c21)C(N)=O. The molecule has 2 aromatic rings. The minimum Gasteiger partial charge on any atom is -0.474 e. The fourth-order valence-corrected chi connectivity index (χ4v) is 6.92. The Morgan fingerprint density at radius 2 is 2.03 bits per heavy atom. The van der Waals surface area contributed by atoms with Gasteiger partial charge in [-0.3, -0.25) is 9.69 Å². The first kappa shape index (κ1) is 22.0. The summed E-state index contributed by atoms with van der Waals surface area (Å²) in [7, 11) is 1.55. The molecule has 2 aliphatic carbocycles. The number of carbonyl (C=O) groups excluding carboxylic acids is 1. The number of methoxy groups -OCH3 is 1. The zero-order valence-electron chi connectivity index (χ0n) is 18.7. The fraction of sp³-hybridized carbons (Fsp3) is 0.696. The fourth-order valence-electron chi connectivity index (χ4n) is 5.69. The van der Waals surface area contributed by atoms with Crippen LogP contribution in [-0.4, -0.2) is 72.3 Å². The number of aryl methyl sites for hydroxylation is 1. The average Bonchev–Trinajstić information content (AvgIpc) is 3.38. The monoisotopic (exact) mass is 459 g/mol. The minimum atomic E-state index is -0.574. The molecule has 2 atom stereocenters. The molecule has 1 saturated carbocycles. The van der Waals surface area contributed by atoms with E-state index >= 15 is 0 Å². The third-order valence-electron chi connectivity index (χ3n) is 7.39. The second kappa shape index (κ2) is 9.59. The van der Waals surface area contributed by atoms with Crippen LogP contribution in [0, 0.1) is 0 Å². The van der Waals surface area contributed by atoms with E-state index in [0.717, 1.165) is 62.1 Å². The highest BCUT2D eigenvalue weighted by molar-refractivity contribution is 7.19. The highest BCUT2D eigenvalue weighted by Gasteiger charge is 2.34. The number of hydrogen-bond acceptors (Lipinski definition) is 8. The summed E-state index contributed by atoms with van der Waals surface area (Å²) in [5.74, 6) is 0.514. The number of rotatable bonds is 7. The van der Waals surface area contributed by atoms with Crippen LogP contribution in [0.25, 0.3) is 10.2 Å². The van der Waals surface area contributed by atoms with Crippen molar-refractivity contribution in [3.8, 4) is 5.88 Å². The second-order valence-electron chi connectivity index (χ2n) is 9.23. The molecule has 1 saturated heterocycles. The number of primary amides is 1. The van der Waals surface area contributed by atoms with Crippen molar-refractivity contribution in [2.45, 2.75) is 69.1 Å². The van der Waals surface area contributed by atoms with Gasteiger partial charge in [-0.05, 0) is 56.4 Å². The maximum Gasteiger partial charge on any atom is 0.246 e. The molecular weight excluding hydrogens is 426 g/mol. The van der Waals surface area contributed by atoms with Crippen LogP contribution in [0.5, 0.6) is 5.88 Å². The van der Waals surface area contributed by atoms with Crippen molar-refractivity contribution in [2.24, 2.45) is 5.73 Å². The lowest BCUT2D eigenvalue weighted by molar-refractivity contribution is -0.128. The Morgan fingerprint density at radius 1 is 1.25 bits per heavy atom. The van der Waals surface area contributed by atoms with Crippen LogP contribution in [0.15, 0.2) is 6.33 Å². The van der Waals surface area contributed by atoms with E-state index in [2.05, 4.69) is 20.2 Å². The number of hydrogen-bond donors (Lipinski definition) is 2. The Kier molecular flexibility index (Phi) is 6.59. The molecule has 3 N–H and O–H groups in total. The van der Waals surface area contributed by atoms with Gasteiger partial charge in [-0.15, -0.1) is 11.3 Å². The minimum absolute atomic E-state index is 0.194. The largest absolute Gasteiger partial charge is 0.474 e. The van der Waals surface area contributed by atoms with Crippen LogP contribution in [0.3, 0.4) is 0 Å². The van der Waals surface area contributed by atoms with Crippen LogP contribution >= 0.6 is 11.3 Å². The first-order valence-electron chi connectivity index (χ1n) is 11.8. The summed E-state index contributed by atoms with van der Waals surface area (Å²) in [6, 6.07) is 0.678. The summed E-state index contributed by atoms with van der Waals surface area (Å²) >= 11 is 1.73. The molecular formula is C23H33N5O3S. The third-order valence-corrected chi connectivity index (χ3v) is 8.56. The molecule has 0 bridgehead atoms. The number of aromatic nitrogens is 2. The molecule has 32 heavy (non-hydrogen) atoms. The molecule has 3 aliphatic rings. The Hall–Kier alpha value is -1.81. The van der Waals surface area contributed by atoms with Gasteiger partial charge in [-0.2, -0.15) is 0 Å². The molecule has 0 unspecified atom stereocenters. The normalized spacial score (nSPS) is 27.3. The van der Waals surface area contributed by atoms with Gasteiger partial charge in [0.1, 0.15) is 23.4 Å². The van der Waals surface area contributed by atoms with Crippen LogP contribution in [-0.2, 0) is 16.0 Å². The molecule has 0 aromatic carbocycles. The lowest BCUT2D eigenvalue weighted by Crippen LogP contribution is -2.50. The smallest absolute Gasteiger partial charge is 0.246 e. The van der Waals surface area contributed by atoms with Gasteiger partial charge in [0.15, 0.2) is 0 Å². The van der Waals surface area contributed by atoms with Gasteiger partial charge >= 0.3 is 0 Å². The number of nitrogens with one attached hydrogen (secondary N) is 1. The first-order valence-corrected chi connectivity index (χ1v) is 12.7. The van der Waals surface area contributed by atoms with Gasteiger partial charge in [-0.1, -0.05) is 0 Å². The lowest BCUT2D eigenvalue weighted by atomic mass is 9.91. The van der Waals surface area contributed by atoms with Crippen molar-refractivity contribution in [2.75, 3.05) is 33.3 Å². The predicted molar refractivity (Wildman–Crippen MR) is 124 cm³/mol. The molecule has 0 spiro atoms. The van der Waals surface area contributed by atoms with Crippen molar-refractivity contribution in [3.05, 3.63) is 16.8 Å². The topological polar surface area (TPSA) is 103 Å². The summed E-state index contributed by atoms with van der Waals surface area (Å²) in [6.07, 6.45) is 8.29. The van der Waals surface area contributed by atoms with Gasteiger partial charge in [-0.25, -0.2) is 9.97 Å². The summed E-state index contributed by atoms with van der Waals surface area (Å²) < 4.78 is 11.9. The number of nitrogens with two attached hydrogens (primary N) is 1. The third kappa shape index (κ3) is 4.35. The van der Waals surface area contributed by atoms with E-state index in [-0.39, 0.29) is 12.0 Å². The van der Waals surface area contributed by atoms with Crippen LogP contribution in [0.4, 0.5) is 0 Å². The number of ether oxygens (including phenoxy) is 2. The highest BCUT2D eigenvalue weighted by Crippen LogP contribution is 2.48. The summed E-state index contributed by atoms with van der Waals surface area (Å²) in [5.41, 5.74) is 6.78. The summed E-state index contributed by atoms with van der Waals surface area (Å²) in [6.45, 7) is 4.50. The molecule has 174 valence electrons. The van der Waals surface area contributed by atoms with Crippen LogP contribution < -0.4 is 15.8 Å². The molecule has 1 aliphatic heterocycles. The van der Waals surface area contributed by atoms with Crippen molar-refractivity contribution < 1.29 is 14.3 Å². The molecule has 2 fully saturated rings. The molecule has 2 aromatic heterocycles. The van der Waals surface area contributed by atoms with Crippen molar-refractivity contribution in [1.82, 2.24) is 20.2 Å². The van der Waals surface area contributed by atoms with Crippen molar-refractivity contribution in [1.29, 1.82) is 0 Å². The van der Waals surface area contributed by atoms with Crippen LogP contribution in [0.2, 0.25) is 0 Å². The Balaban J connectivity index is 1.32. The van der Waals surface area contributed by atoms with E-state index in [0.29, 0.717) is 18.3 Å². The Bertz CT molecular complexity index is 953. The van der Waals surface area contributed by atoms with E-state index in [9.17, 15) is 4.79 Å². The number of fused-ring (bicyclic) bond motifs is 3. The van der Waals surface area contributed by atoms with Crippen molar-refractivity contribution in [3.63, 3.8) is 0 Å². The Morgan fingerprint density at radius 3 is 2.75 bits per heavy atom. The maximum absolute atomic E-state index is 11.7. The number of piperazine rings is 1. The first-order chi connectivity index (χ1) is 15.6. The van der Waals surface area contributed by atoms with E-state index < -0.39 is 12.0 Å². The van der Waals surface area contributed by atoms with Gasteiger partial charge in [0, 0.05) is 44.2 Å². The van der Waals surface area contributed by atoms with Crippen molar-refractivity contribution >= 4 is 27.5 Å². The number of carbonyl (C=O) groups is 1. The average molecular weight is 460 g/mol. The number of thiophene rings is 1. The predicted octanol–water partition coefficient (Wildman–Crippen LogP) is 2.21. The van der Waals surface area contributed by atoms with Gasteiger partial charge < -0.3 is 20.5 Å². The standard InChI is InChI=1S/C23H33N5O3S/c1-30-17(21(24)29)12-14-2-7-18-19(14)20-22(26-13-27-23(20)32-18)31-16-5-3-15(4-6-16)28-10-8-25-9-11-28/h13-17,25H,2-12H2,1H3,(H2,24,29)/t14-,15?,16?,17+/m1/s1. The van der Waals surface area contributed by atoms with E-state index in [1.807, 2.05) is 0 Å². The number of amides is 1.